The van der Waals surface area contributed by atoms with E-state index in [-0.39, 0.29) is 11.8 Å². The molecule has 0 bridgehead atoms. The highest BCUT2D eigenvalue weighted by molar-refractivity contribution is 6.30. The molecule has 0 aromatic heterocycles. The van der Waals surface area contributed by atoms with Crippen molar-refractivity contribution in [2.75, 3.05) is 60.1 Å². The van der Waals surface area contributed by atoms with E-state index in [1.807, 2.05) is 19.0 Å². The Morgan fingerprint density at radius 2 is 2.28 bits per heavy atom. The molecule has 0 unspecified atom stereocenters. The van der Waals surface area contributed by atoms with Gasteiger partial charge >= 0.3 is 0 Å². The fourth-order valence-corrected chi connectivity index (χ4v) is 3.08. The summed E-state index contributed by atoms with van der Waals surface area (Å²) in [5.74, 6) is 0.754. The van der Waals surface area contributed by atoms with Gasteiger partial charge in [-0.05, 0) is 45.3 Å². The summed E-state index contributed by atoms with van der Waals surface area (Å²) >= 11 is 6.07. The Labute approximate surface area is 154 Å². The first-order valence-corrected chi connectivity index (χ1v) is 9.03. The third kappa shape index (κ3) is 6.15. The smallest absolute Gasteiger partial charge is 0.257 e. The Hall–Kier alpha value is -1.34. The van der Waals surface area contributed by atoms with E-state index in [1.54, 1.807) is 18.2 Å². The van der Waals surface area contributed by atoms with E-state index in [9.17, 15) is 4.79 Å². The Bertz CT molecular complexity index is 568. The summed E-state index contributed by atoms with van der Waals surface area (Å²) in [5.41, 5.74) is 6.04. The Kier molecular flexibility index (Phi) is 7.96. The monoisotopic (exact) mass is 369 g/mol. The van der Waals surface area contributed by atoms with E-state index >= 15 is 0 Å². The zero-order chi connectivity index (χ0) is 18.2. The number of carbonyl (C=O) groups excluding carboxylic acids is 1. The third-order valence-corrected chi connectivity index (χ3v) is 4.26. The van der Waals surface area contributed by atoms with Gasteiger partial charge in [0, 0.05) is 30.6 Å². The van der Waals surface area contributed by atoms with Crippen LogP contribution >= 0.6 is 11.6 Å². The molecule has 140 valence electrons. The second kappa shape index (κ2) is 9.97. The lowest BCUT2D eigenvalue weighted by Gasteiger charge is -2.26. The van der Waals surface area contributed by atoms with Crippen LogP contribution in [0.4, 0.5) is 0 Å². The van der Waals surface area contributed by atoms with Gasteiger partial charge in [0.25, 0.3) is 5.91 Å². The van der Waals surface area contributed by atoms with Gasteiger partial charge in [-0.1, -0.05) is 11.6 Å². The van der Waals surface area contributed by atoms with Crippen LogP contribution in [0.2, 0.25) is 5.02 Å². The van der Waals surface area contributed by atoms with Crippen molar-refractivity contribution >= 4 is 17.5 Å². The molecule has 1 fully saturated rings. The van der Waals surface area contributed by atoms with Gasteiger partial charge in [-0.2, -0.15) is 0 Å². The van der Waals surface area contributed by atoms with Crippen LogP contribution in [0.5, 0.6) is 5.75 Å². The van der Waals surface area contributed by atoms with Crippen LogP contribution in [0.1, 0.15) is 16.8 Å². The number of amides is 1. The molecule has 1 saturated heterocycles. The molecule has 7 heteroatoms. The van der Waals surface area contributed by atoms with Crippen molar-refractivity contribution in [3.63, 3.8) is 0 Å². The van der Waals surface area contributed by atoms with Crippen LogP contribution in [0, 0.1) is 5.92 Å². The molecular weight excluding hydrogens is 342 g/mol. The summed E-state index contributed by atoms with van der Waals surface area (Å²) < 4.78 is 11.4. The molecule has 0 saturated carbocycles. The van der Waals surface area contributed by atoms with Crippen molar-refractivity contribution < 1.29 is 14.3 Å². The van der Waals surface area contributed by atoms with E-state index in [0.29, 0.717) is 55.8 Å². The summed E-state index contributed by atoms with van der Waals surface area (Å²) in [7, 11) is 4.05. The van der Waals surface area contributed by atoms with Gasteiger partial charge in [-0.15, -0.1) is 0 Å². The number of nitrogens with zero attached hydrogens (tertiary/aromatic N) is 2. The van der Waals surface area contributed by atoms with E-state index in [0.717, 1.165) is 13.0 Å². The Morgan fingerprint density at radius 1 is 1.48 bits per heavy atom. The van der Waals surface area contributed by atoms with E-state index in [4.69, 9.17) is 26.8 Å². The standard InChI is InChI=1S/C18H28ClN3O3/c1-21(2)11-14-12-22(7-9-24-13-14)18(23)16-5-4-15(19)10-17(16)25-8-3-6-20/h4-5,10,14H,3,6-9,11-13,20H2,1-2H3/t14-/m0/s1. The van der Waals surface area contributed by atoms with Crippen LogP contribution in [-0.2, 0) is 4.74 Å². The number of carbonyl (C=O) groups is 1. The van der Waals surface area contributed by atoms with E-state index < -0.39 is 0 Å². The molecule has 0 radical (unpaired) electrons. The summed E-state index contributed by atoms with van der Waals surface area (Å²) in [6.45, 7) is 4.35. The normalized spacial score (nSPS) is 18.3. The molecular formula is C18H28ClN3O3. The largest absolute Gasteiger partial charge is 0.493 e. The predicted molar refractivity (Wildman–Crippen MR) is 99.4 cm³/mol. The van der Waals surface area contributed by atoms with E-state index in [1.165, 1.54) is 0 Å². The highest BCUT2D eigenvalue weighted by atomic mass is 35.5. The molecule has 1 heterocycles. The first-order valence-electron chi connectivity index (χ1n) is 8.65. The number of nitrogens with two attached hydrogens (primary N) is 1. The SMILES string of the molecule is CN(C)C[C@@H]1COCCN(C(=O)c2ccc(Cl)cc2OCCCN)C1. The molecule has 1 aliphatic rings. The minimum Gasteiger partial charge on any atom is -0.493 e. The third-order valence-electron chi connectivity index (χ3n) is 4.03. The highest BCUT2D eigenvalue weighted by Crippen LogP contribution is 2.26. The van der Waals surface area contributed by atoms with Crippen LogP contribution in [0.15, 0.2) is 18.2 Å². The number of hydrogen-bond acceptors (Lipinski definition) is 5. The van der Waals surface area contributed by atoms with Crippen molar-refractivity contribution in [1.29, 1.82) is 0 Å². The van der Waals surface area contributed by atoms with Gasteiger partial charge in [-0.3, -0.25) is 4.79 Å². The van der Waals surface area contributed by atoms with Gasteiger partial charge in [0.1, 0.15) is 5.75 Å². The minimum atomic E-state index is -0.0475. The Morgan fingerprint density at radius 3 is 3.00 bits per heavy atom. The topological polar surface area (TPSA) is 68.0 Å². The molecule has 2 rings (SSSR count). The second-order valence-corrected chi connectivity index (χ2v) is 7.02. The molecule has 0 aliphatic carbocycles. The molecule has 2 N–H and O–H groups in total. The number of rotatable bonds is 7. The molecule has 1 aliphatic heterocycles. The van der Waals surface area contributed by atoms with Crippen molar-refractivity contribution in [3.05, 3.63) is 28.8 Å². The fourth-order valence-electron chi connectivity index (χ4n) is 2.92. The summed E-state index contributed by atoms with van der Waals surface area (Å²) in [6, 6.07) is 5.14. The van der Waals surface area contributed by atoms with E-state index in [2.05, 4.69) is 4.90 Å². The average molecular weight is 370 g/mol. The fraction of sp³-hybridized carbons (Fsp3) is 0.611. The summed E-state index contributed by atoms with van der Waals surface area (Å²) in [4.78, 5) is 17.0. The second-order valence-electron chi connectivity index (χ2n) is 6.59. The van der Waals surface area contributed by atoms with Gasteiger partial charge in [0.05, 0.1) is 25.4 Å². The molecule has 1 aromatic carbocycles. The zero-order valence-corrected chi connectivity index (χ0v) is 15.8. The molecule has 1 atom stereocenters. The first-order chi connectivity index (χ1) is 12.0. The number of benzene rings is 1. The number of hydrogen-bond donors (Lipinski definition) is 1. The van der Waals surface area contributed by atoms with Crippen LogP contribution in [0.25, 0.3) is 0 Å². The van der Waals surface area contributed by atoms with Crippen molar-refractivity contribution in [2.45, 2.75) is 6.42 Å². The highest BCUT2D eigenvalue weighted by Gasteiger charge is 2.25. The van der Waals surface area contributed by atoms with Crippen molar-refractivity contribution in [3.8, 4) is 5.75 Å². The summed E-state index contributed by atoms with van der Waals surface area (Å²) in [5, 5.41) is 0.545. The molecule has 1 amide bonds. The maximum Gasteiger partial charge on any atom is 0.257 e. The molecule has 25 heavy (non-hydrogen) atoms. The predicted octanol–water partition coefficient (Wildman–Crippen LogP) is 1.72. The maximum absolute atomic E-state index is 13.1. The lowest BCUT2D eigenvalue weighted by Crippen LogP contribution is -2.38. The van der Waals surface area contributed by atoms with Crippen LogP contribution in [0.3, 0.4) is 0 Å². The quantitative estimate of drug-likeness (QED) is 0.741. The molecule has 0 spiro atoms. The average Bonchev–Trinajstić information content (AvgIpc) is 2.79. The first kappa shape index (κ1) is 20.0. The maximum atomic E-state index is 13.1. The summed E-state index contributed by atoms with van der Waals surface area (Å²) in [6.07, 6.45) is 0.725. The van der Waals surface area contributed by atoms with Crippen LogP contribution < -0.4 is 10.5 Å². The van der Waals surface area contributed by atoms with Gasteiger partial charge in [0.2, 0.25) is 0 Å². The van der Waals surface area contributed by atoms with Crippen molar-refractivity contribution in [2.24, 2.45) is 11.7 Å². The van der Waals surface area contributed by atoms with Gasteiger partial charge in [-0.25, -0.2) is 0 Å². The lowest BCUT2D eigenvalue weighted by molar-refractivity contribution is 0.0730. The van der Waals surface area contributed by atoms with Gasteiger partial charge < -0.3 is 25.0 Å². The number of ether oxygens (including phenoxy) is 2. The molecule has 6 nitrogen and oxygen atoms in total. The number of halogens is 1. The molecule has 1 aromatic rings. The Balaban J connectivity index is 2.14. The lowest BCUT2D eigenvalue weighted by atomic mass is 10.1. The minimum absolute atomic E-state index is 0.0475. The van der Waals surface area contributed by atoms with Crippen LogP contribution in [-0.4, -0.2) is 75.8 Å². The van der Waals surface area contributed by atoms with Gasteiger partial charge in [0.15, 0.2) is 0 Å². The van der Waals surface area contributed by atoms with Crippen molar-refractivity contribution in [1.82, 2.24) is 9.80 Å². The zero-order valence-electron chi connectivity index (χ0n) is 15.0.